The Morgan fingerprint density at radius 1 is 1.22 bits per heavy atom. The van der Waals surface area contributed by atoms with Gasteiger partial charge in [0.25, 0.3) is 0 Å². The normalized spacial score (nSPS) is 16.4. The van der Waals surface area contributed by atoms with Crippen LogP contribution in [0, 0.1) is 0 Å². The number of benzene rings is 2. The highest BCUT2D eigenvalue weighted by Gasteiger charge is 2.33. The van der Waals surface area contributed by atoms with Crippen LogP contribution in [-0.4, -0.2) is 31.7 Å². The topological polar surface area (TPSA) is 88.0 Å². The zero-order valence-corrected chi connectivity index (χ0v) is 12.7. The molecule has 1 atom stereocenters. The monoisotopic (exact) mass is 315 g/mol. The van der Waals surface area contributed by atoms with Crippen molar-refractivity contribution in [2.45, 2.75) is 5.92 Å². The molecule has 0 aromatic heterocycles. The zero-order chi connectivity index (χ0) is 16.6. The standard InChI is InChI=1S/C17H16O6/c1-21-10-3-4-11(14(7-10)22-2)12-8-23-15-6-9(18)5-13(19)16(15)17(12)20/h3-7,12,18-19H,8H2,1-2H3/p-1/t12-/m0/s1. The SMILES string of the molecule is COc1ccc([C@@H]2COc3cc(O)cc([O-])c3C2=O)c(OC)c1. The van der Waals surface area contributed by atoms with Crippen LogP contribution in [0.4, 0.5) is 0 Å². The molecule has 1 N–H and O–H groups in total. The van der Waals surface area contributed by atoms with Crippen LogP contribution in [-0.2, 0) is 0 Å². The molecule has 0 amide bonds. The van der Waals surface area contributed by atoms with Crippen molar-refractivity contribution in [1.82, 2.24) is 0 Å². The molecule has 1 aliphatic rings. The van der Waals surface area contributed by atoms with Crippen molar-refractivity contribution in [2.24, 2.45) is 0 Å². The molecule has 2 aromatic rings. The highest BCUT2D eigenvalue weighted by atomic mass is 16.5. The van der Waals surface area contributed by atoms with Crippen molar-refractivity contribution >= 4 is 5.78 Å². The zero-order valence-electron chi connectivity index (χ0n) is 12.7. The van der Waals surface area contributed by atoms with Gasteiger partial charge in [0.15, 0.2) is 5.78 Å². The minimum absolute atomic E-state index is 0.0445. The van der Waals surface area contributed by atoms with Gasteiger partial charge < -0.3 is 24.4 Å². The molecule has 0 spiro atoms. The molecule has 23 heavy (non-hydrogen) atoms. The lowest BCUT2D eigenvalue weighted by Gasteiger charge is -2.28. The minimum Gasteiger partial charge on any atom is -0.872 e. The molecule has 6 nitrogen and oxygen atoms in total. The van der Waals surface area contributed by atoms with E-state index in [1.54, 1.807) is 18.2 Å². The lowest BCUT2D eigenvalue weighted by atomic mass is 9.88. The molecule has 0 saturated heterocycles. The van der Waals surface area contributed by atoms with Crippen molar-refractivity contribution in [3.05, 3.63) is 41.5 Å². The summed E-state index contributed by atoms with van der Waals surface area (Å²) >= 11 is 0. The molecule has 0 fully saturated rings. The molecule has 0 saturated carbocycles. The van der Waals surface area contributed by atoms with E-state index in [-0.39, 0.29) is 29.5 Å². The summed E-state index contributed by atoms with van der Waals surface area (Å²) in [7, 11) is 3.03. The number of carbonyl (C=O) groups is 1. The van der Waals surface area contributed by atoms with E-state index < -0.39 is 11.7 Å². The lowest BCUT2D eigenvalue weighted by Crippen LogP contribution is -2.27. The summed E-state index contributed by atoms with van der Waals surface area (Å²) in [4.78, 5) is 12.7. The van der Waals surface area contributed by atoms with E-state index in [1.165, 1.54) is 20.3 Å². The van der Waals surface area contributed by atoms with E-state index in [0.717, 1.165) is 6.07 Å². The van der Waals surface area contributed by atoms with Gasteiger partial charge in [0.1, 0.15) is 29.6 Å². The maximum atomic E-state index is 12.7. The van der Waals surface area contributed by atoms with Crippen molar-refractivity contribution in [1.29, 1.82) is 0 Å². The molecule has 0 bridgehead atoms. The molecule has 1 aliphatic heterocycles. The summed E-state index contributed by atoms with van der Waals surface area (Å²) in [6, 6.07) is 7.39. The average molecular weight is 315 g/mol. The second kappa shape index (κ2) is 5.72. The molecule has 0 aliphatic carbocycles. The Balaban J connectivity index is 2.05. The maximum Gasteiger partial charge on any atom is 0.176 e. The molecule has 3 rings (SSSR count). The van der Waals surface area contributed by atoms with Crippen LogP contribution in [0.3, 0.4) is 0 Å². The van der Waals surface area contributed by atoms with Crippen LogP contribution >= 0.6 is 0 Å². The fraction of sp³-hybridized carbons (Fsp3) is 0.235. The first-order chi connectivity index (χ1) is 11.0. The number of methoxy groups -OCH3 is 2. The highest BCUT2D eigenvalue weighted by molar-refractivity contribution is 6.06. The fourth-order valence-electron chi connectivity index (χ4n) is 2.69. The van der Waals surface area contributed by atoms with Crippen molar-refractivity contribution in [3.63, 3.8) is 0 Å². The number of fused-ring (bicyclic) bond motifs is 1. The second-order valence-corrected chi connectivity index (χ2v) is 5.15. The number of rotatable bonds is 3. The second-order valence-electron chi connectivity index (χ2n) is 5.15. The Morgan fingerprint density at radius 2 is 2.00 bits per heavy atom. The van der Waals surface area contributed by atoms with Gasteiger partial charge in [-0.15, -0.1) is 0 Å². The van der Waals surface area contributed by atoms with E-state index in [4.69, 9.17) is 14.2 Å². The van der Waals surface area contributed by atoms with E-state index in [0.29, 0.717) is 17.1 Å². The maximum absolute atomic E-state index is 12.7. The molecule has 2 aromatic carbocycles. The first-order valence-corrected chi connectivity index (χ1v) is 6.98. The Morgan fingerprint density at radius 3 is 2.70 bits per heavy atom. The third kappa shape index (κ3) is 2.52. The number of phenolic OH excluding ortho intramolecular Hbond substituents is 1. The van der Waals surface area contributed by atoms with Gasteiger partial charge in [-0.05, 0) is 12.1 Å². The number of carbonyl (C=O) groups excluding carboxylic acids is 1. The number of ether oxygens (including phenoxy) is 3. The van der Waals surface area contributed by atoms with Gasteiger partial charge in [-0.25, -0.2) is 0 Å². The van der Waals surface area contributed by atoms with Gasteiger partial charge in [-0.3, -0.25) is 4.79 Å². The molecule has 0 radical (unpaired) electrons. The minimum atomic E-state index is -0.652. The first kappa shape index (κ1) is 15.0. The number of aromatic hydroxyl groups is 1. The van der Waals surface area contributed by atoms with Crippen molar-refractivity contribution < 1.29 is 29.2 Å². The van der Waals surface area contributed by atoms with Crippen LogP contribution in [0.2, 0.25) is 0 Å². The molecular weight excluding hydrogens is 300 g/mol. The van der Waals surface area contributed by atoms with Gasteiger partial charge in [0.2, 0.25) is 0 Å². The first-order valence-electron chi connectivity index (χ1n) is 6.98. The van der Waals surface area contributed by atoms with Gasteiger partial charge in [0.05, 0.1) is 25.7 Å². The Bertz CT molecular complexity index is 768. The summed E-state index contributed by atoms with van der Waals surface area (Å²) in [6.45, 7) is 0.0669. The van der Waals surface area contributed by atoms with Crippen LogP contribution in [0.1, 0.15) is 21.8 Å². The number of Topliss-reactive ketones (excluding diaryl/α,β-unsaturated/α-hetero) is 1. The third-order valence-electron chi connectivity index (χ3n) is 3.84. The summed E-state index contributed by atoms with van der Waals surface area (Å²) in [6.07, 6.45) is 0. The Hall–Kier alpha value is -2.89. The summed E-state index contributed by atoms with van der Waals surface area (Å²) < 4.78 is 16.0. The molecule has 6 heteroatoms. The predicted octanol–water partition coefficient (Wildman–Crippen LogP) is 1.84. The fourth-order valence-corrected chi connectivity index (χ4v) is 2.69. The summed E-state index contributed by atoms with van der Waals surface area (Å²) in [5.41, 5.74) is 0.577. The van der Waals surface area contributed by atoms with Crippen molar-refractivity contribution in [3.8, 4) is 28.7 Å². The van der Waals surface area contributed by atoms with E-state index in [1.807, 2.05) is 0 Å². The number of phenols is 1. The van der Waals surface area contributed by atoms with E-state index in [2.05, 4.69) is 0 Å². The van der Waals surface area contributed by atoms with Crippen LogP contribution in [0.15, 0.2) is 30.3 Å². The smallest absolute Gasteiger partial charge is 0.176 e. The van der Waals surface area contributed by atoms with Crippen molar-refractivity contribution in [2.75, 3.05) is 20.8 Å². The highest BCUT2D eigenvalue weighted by Crippen LogP contribution is 2.41. The van der Waals surface area contributed by atoms with Gasteiger partial charge in [-0.1, -0.05) is 11.8 Å². The van der Waals surface area contributed by atoms with Gasteiger partial charge >= 0.3 is 0 Å². The third-order valence-corrected chi connectivity index (χ3v) is 3.84. The Labute approximate surface area is 132 Å². The molecular formula is C17H15O6-. The number of hydrogen-bond donors (Lipinski definition) is 1. The predicted molar refractivity (Wildman–Crippen MR) is 79.7 cm³/mol. The number of hydrogen-bond acceptors (Lipinski definition) is 6. The summed E-state index contributed by atoms with van der Waals surface area (Å²) in [5, 5.41) is 21.5. The average Bonchev–Trinajstić information content (AvgIpc) is 2.54. The molecule has 1 heterocycles. The molecule has 0 unspecified atom stereocenters. The van der Waals surface area contributed by atoms with Crippen LogP contribution < -0.4 is 19.3 Å². The molecule has 120 valence electrons. The van der Waals surface area contributed by atoms with Gasteiger partial charge in [0, 0.05) is 17.7 Å². The van der Waals surface area contributed by atoms with Crippen LogP contribution in [0.25, 0.3) is 0 Å². The quantitative estimate of drug-likeness (QED) is 0.930. The van der Waals surface area contributed by atoms with E-state index in [9.17, 15) is 15.0 Å². The van der Waals surface area contributed by atoms with E-state index >= 15 is 0 Å². The number of ketones is 1. The Kier molecular flexibility index (Phi) is 3.73. The lowest BCUT2D eigenvalue weighted by molar-refractivity contribution is -0.269. The largest absolute Gasteiger partial charge is 0.872 e. The summed E-state index contributed by atoms with van der Waals surface area (Å²) in [5.74, 6) is -0.571. The van der Waals surface area contributed by atoms with Crippen LogP contribution in [0.5, 0.6) is 28.7 Å². The van der Waals surface area contributed by atoms with Gasteiger partial charge in [-0.2, -0.15) is 0 Å².